The van der Waals surface area contributed by atoms with Crippen LogP contribution in [0.5, 0.6) is 0 Å². The van der Waals surface area contributed by atoms with Gasteiger partial charge in [-0.2, -0.15) is 15.1 Å². The first-order chi connectivity index (χ1) is 12.8. The molecule has 3 rings (SSSR count). The second-order valence-corrected chi connectivity index (χ2v) is 9.70. The molecule has 0 bridgehead atoms. The van der Waals surface area contributed by atoms with E-state index in [1.807, 2.05) is 18.5 Å². The Hall–Kier alpha value is -1.97. The molecule has 0 amide bonds. The van der Waals surface area contributed by atoms with Crippen LogP contribution >= 0.6 is 0 Å². The lowest BCUT2D eigenvalue weighted by Gasteiger charge is -2.12. The summed E-state index contributed by atoms with van der Waals surface area (Å²) in [6.45, 7) is 6.65. The Bertz CT molecular complexity index is 898. The predicted octanol–water partition coefficient (Wildman–Crippen LogP) is 2.41. The second kappa shape index (κ2) is 7.95. The van der Waals surface area contributed by atoms with Crippen LogP contribution in [-0.4, -0.2) is 58.9 Å². The number of rotatable bonds is 10. The molecule has 2 aromatic heterocycles. The van der Waals surface area contributed by atoms with E-state index in [4.69, 9.17) is 0 Å². The van der Waals surface area contributed by atoms with E-state index in [0.29, 0.717) is 43.3 Å². The zero-order valence-corrected chi connectivity index (χ0v) is 16.8. The summed E-state index contributed by atoms with van der Waals surface area (Å²) < 4.78 is 38.2. The van der Waals surface area contributed by atoms with Crippen molar-refractivity contribution in [2.45, 2.75) is 45.8 Å². The Balaban J connectivity index is 1.76. The normalized spacial score (nSPS) is 19.6. The molecule has 8 nitrogen and oxygen atoms in total. The van der Waals surface area contributed by atoms with Crippen molar-refractivity contribution in [1.29, 1.82) is 0 Å². The number of hydrogen-bond donors (Lipinski definition) is 2. The molecule has 0 aromatic carbocycles. The van der Waals surface area contributed by atoms with Gasteiger partial charge in [0, 0.05) is 30.8 Å². The molecule has 2 N–H and O–H groups in total. The Labute approximate surface area is 158 Å². The average molecular weight is 399 g/mol. The van der Waals surface area contributed by atoms with Crippen LogP contribution in [0.15, 0.2) is 6.20 Å². The minimum Gasteiger partial charge on any atom is -0.369 e. The van der Waals surface area contributed by atoms with Crippen LogP contribution in [0, 0.1) is 5.92 Å². The van der Waals surface area contributed by atoms with Gasteiger partial charge in [-0.15, -0.1) is 0 Å². The van der Waals surface area contributed by atoms with Crippen molar-refractivity contribution in [3.05, 3.63) is 6.20 Å². The summed E-state index contributed by atoms with van der Waals surface area (Å²) in [4.78, 5) is 9.04. The topological polar surface area (TPSA) is 102 Å². The van der Waals surface area contributed by atoms with Crippen LogP contribution in [0.4, 0.5) is 16.2 Å². The van der Waals surface area contributed by atoms with Gasteiger partial charge < -0.3 is 10.6 Å². The molecule has 2 heterocycles. The van der Waals surface area contributed by atoms with Crippen molar-refractivity contribution in [2.24, 2.45) is 5.92 Å². The molecular formula is C17H27FN6O2S. The third-order valence-corrected chi connectivity index (χ3v) is 6.46. The first kappa shape index (κ1) is 19.8. The van der Waals surface area contributed by atoms with E-state index in [1.54, 1.807) is 13.1 Å². The van der Waals surface area contributed by atoms with Crippen LogP contribution in [0.2, 0.25) is 0 Å². The average Bonchev–Trinajstić information content (AvgIpc) is 3.15. The molecule has 2 aromatic rings. The third-order valence-electron chi connectivity index (χ3n) is 4.67. The SMILES string of the molecule is CCS(=O)(=O)CCCNc1nc(NC[C@@H]2C[C@@H]2F)c2cnn(C(C)C)c2n1. The fourth-order valence-corrected chi connectivity index (χ4v) is 3.68. The molecule has 0 aliphatic heterocycles. The van der Waals surface area contributed by atoms with Crippen molar-refractivity contribution < 1.29 is 12.8 Å². The fourth-order valence-electron chi connectivity index (χ4n) is 2.80. The first-order valence-corrected chi connectivity index (χ1v) is 11.2. The van der Waals surface area contributed by atoms with Crippen LogP contribution in [0.3, 0.4) is 0 Å². The molecule has 10 heteroatoms. The van der Waals surface area contributed by atoms with E-state index in [2.05, 4.69) is 25.7 Å². The highest BCUT2D eigenvalue weighted by Gasteiger charge is 2.37. The lowest BCUT2D eigenvalue weighted by Crippen LogP contribution is -2.15. The Kier molecular flexibility index (Phi) is 5.83. The van der Waals surface area contributed by atoms with Crippen LogP contribution in [0.1, 0.15) is 39.7 Å². The maximum atomic E-state index is 13.2. The summed E-state index contributed by atoms with van der Waals surface area (Å²) in [5, 5.41) is 11.5. The van der Waals surface area contributed by atoms with Crippen molar-refractivity contribution in [2.75, 3.05) is 35.2 Å². The molecule has 0 unspecified atom stereocenters. The highest BCUT2D eigenvalue weighted by atomic mass is 32.2. The summed E-state index contributed by atoms with van der Waals surface area (Å²) in [6, 6.07) is 0.131. The standard InChI is InChI=1S/C17H27FN6O2S/c1-4-27(25,26)7-5-6-19-17-22-15(20-9-12-8-14(12)18)13-10-21-24(11(2)3)16(13)23-17/h10-12,14H,4-9H2,1-3H3,(H2,19,20,22,23)/t12-,14-/m0/s1. The molecule has 0 spiro atoms. The number of fused-ring (bicyclic) bond motifs is 1. The van der Waals surface area contributed by atoms with Gasteiger partial charge in [-0.1, -0.05) is 6.92 Å². The van der Waals surface area contributed by atoms with Gasteiger partial charge >= 0.3 is 0 Å². The predicted molar refractivity (Wildman–Crippen MR) is 105 cm³/mol. The number of aromatic nitrogens is 4. The van der Waals surface area contributed by atoms with Crippen molar-refractivity contribution in [3.8, 4) is 0 Å². The highest BCUT2D eigenvalue weighted by molar-refractivity contribution is 7.91. The molecule has 1 saturated carbocycles. The second-order valence-electron chi connectivity index (χ2n) is 7.23. The lowest BCUT2D eigenvalue weighted by molar-refractivity contribution is 0.450. The van der Waals surface area contributed by atoms with E-state index in [9.17, 15) is 12.8 Å². The molecule has 0 saturated heterocycles. The van der Waals surface area contributed by atoms with Crippen molar-refractivity contribution in [1.82, 2.24) is 19.7 Å². The van der Waals surface area contributed by atoms with Gasteiger partial charge in [-0.3, -0.25) is 0 Å². The van der Waals surface area contributed by atoms with Gasteiger partial charge in [0.05, 0.1) is 17.3 Å². The van der Waals surface area contributed by atoms with Gasteiger partial charge in [-0.25, -0.2) is 17.5 Å². The minimum absolute atomic E-state index is 0.0332. The monoisotopic (exact) mass is 398 g/mol. The molecule has 150 valence electrons. The minimum atomic E-state index is -2.99. The number of alkyl halides is 1. The summed E-state index contributed by atoms with van der Waals surface area (Å²) in [7, 11) is -2.99. The molecule has 0 radical (unpaired) electrons. The summed E-state index contributed by atoms with van der Waals surface area (Å²) in [5.41, 5.74) is 0.693. The van der Waals surface area contributed by atoms with Crippen LogP contribution in [-0.2, 0) is 9.84 Å². The maximum absolute atomic E-state index is 13.2. The summed E-state index contributed by atoms with van der Waals surface area (Å²) in [5.74, 6) is 1.34. The number of nitrogens with one attached hydrogen (secondary N) is 2. The molecule has 1 aliphatic carbocycles. The van der Waals surface area contributed by atoms with E-state index in [1.165, 1.54) is 0 Å². The van der Waals surface area contributed by atoms with Crippen LogP contribution < -0.4 is 10.6 Å². The van der Waals surface area contributed by atoms with E-state index < -0.39 is 16.0 Å². The molecule has 1 fully saturated rings. The summed E-state index contributed by atoms with van der Waals surface area (Å²) in [6.07, 6.45) is 2.06. The Morgan fingerprint density at radius 1 is 1.33 bits per heavy atom. The third kappa shape index (κ3) is 4.85. The molecular weight excluding hydrogens is 371 g/mol. The van der Waals surface area contributed by atoms with Crippen LogP contribution in [0.25, 0.3) is 11.0 Å². The van der Waals surface area contributed by atoms with Crippen molar-refractivity contribution >= 4 is 32.6 Å². The first-order valence-electron chi connectivity index (χ1n) is 9.38. The van der Waals surface area contributed by atoms with Crippen molar-refractivity contribution in [3.63, 3.8) is 0 Å². The van der Waals surface area contributed by atoms with E-state index in [-0.39, 0.29) is 23.5 Å². The Morgan fingerprint density at radius 3 is 2.70 bits per heavy atom. The molecule has 1 aliphatic rings. The number of hydrogen-bond acceptors (Lipinski definition) is 7. The van der Waals surface area contributed by atoms with Gasteiger partial charge in [0.2, 0.25) is 5.95 Å². The summed E-state index contributed by atoms with van der Waals surface area (Å²) >= 11 is 0. The number of nitrogens with zero attached hydrogens (tertiary/aromatic N) is 4. The number of anilines is 2. The quantitative estimate of drug-likeness (QED) is 0.593. The largest absolute Gasteiger partial charge is 0.369 e. The lowest BCUT2D eigenvalue weighted by atomic mass is 10.3. The molecule has 2 atom stereocenters. The Morgan fingerprint density at radius 2 is 2.07 bits per heavy atom. The maximum Gasteiger partial charge on any atom is 0.226 e. The smallest absolute Gasteiger partial charge is 0.226 e. The zero-order chi connectivity index (χ0) is 19.6. The van der Waals surface area contributed by atoms with Gasteiger partial charge in [0.15, 0.2) is 5.65 Å². The number of halogens is 1. The van der Waals surface area contributed by atoms with Gasteiger partial charge in [-0.05, 0) is 26.7 Å². The van der Waals surface area contributed by atoms with E-state index in [0.717, 1.165) is 5.39 Å². The molecule has 27 heavy (non-hydrogen) atoms. The fraction of sp³-hybridized carbons (Fsp3) is 0.706. The highest BCUT2D eigenvalue weighted by Crippen LogP contribution is 2.34. The van der Waals surface area contributed by atoms with Gasteiger partial charge in [0.25, 0.3) is 0 Å². The van der Waals surface area contributed by atoms with Gasteiger partial charge in [0.1, 0.15) is 21.8 Å². The van der Waals surface area contributed by atoms with E-state index >= 15 is 0 Å². The number of sulfone groups is 1. The zero-order valence-electron chi connectivity index (χ0n) is 15.9.